The molecule has 9 nitrogen and oxygen atoms in total. The van der Waals surface area contributed by atoms with Gasteiger partial charge < -0.3 is 25.0 Å². The van der Waals surface area contributed by atoms with E-state index in [0.717, 1.165) is 49.6 Å². The Morgan fingerprint density at radius 1 is 1.19 bits per heavy atom. The maximum Gasteiger partial charge on any atom is 0.222 e. The molecule has 2 aliphatic heterocycles. The summed E-state index contributed by atoms with van der Waals surface area (Å²) in [6.45, 7) is 7.70. The van der Waals surface area contributed by atoms with Gasteiger partial charge in [0.1, 0.15) is 11.6 Å². The van der Waals surface area contributed by atoms with Gasteiger partial charge in [0.2, 0.25) is 11.8 Å². The first-order chi connectivity index (χ1) is 15.5. The highest BCUT2D eigenvalue weighted by molar-refractivity contribution is 5.75. The van der Waals surface area contributed by atoms with Crippen LogP contribution in [0.15, 0.2) is 18.2 Å². The molecule has 2 fully saturated rings. The van der Waals surface area contributed by atoms with Gasteiger partial charge in [-0.25, -0.2) is 9.97 Å². The molecule has 2 saturated heterocycles. The van der Waals surface area contributed by atoms with Crippen molar-refractivity contribution in [1.29, 1.82) is 0 Å². The number of carbonyl (C=O) groups is 1. The second kappa shape index (κ2) is 9.68. The van der Waals surface area contributed by atoms with E-state index in [2.05, 4.69) is 22.9 Å². The van der Waals surface area contributed by atoms with Crippen LogP contribution in [-0.2, 0) is 9.53 Å². The number of aromatic nitrogens is 3. The molecule has 0 radical (unpaired) electrons. The Balaban J connectivity index is 1.70. The quantitative estimate of drug-likeness (QED) is 0.756. The summed E-state index contributed by atoms with van der Waals surface area (Å²) in [6.07, 6.45) is 2.33. The summed E-state index contributed by atoms with van der Waals surface area (Å²) in [7, 11) is 1.56. The van der Waals surface area contributed by atoms with Crippen LogP contribution in [0.3, 0.4) is 0 Å². The second-order valence-corrected chi connectivity index (χ2v) is 8.42. The van der Waals surface area contributed by atoms with Gasteiger partial charge in [-0.2, -0.15) is 4.98 Å². The minimum Gasteiger partial charge on any atom is -0.481 e. The molecule has 9 heteroatoms. The zero-order valence-corrected chi connectivity index (χ0v) is 19.1. The van der Waals surface area contributed by atoms with E-state index >= 15 is 0 Å². The van der Waals surface area contributed by atoms with Gasteiger partial charge in [-0.05, 0) is 25.8 Å². The van der Waals surface area contributed by atoms with Crippen LogP contribution in [0.1, 0.15) is 44.7 Å². The third-order valence-electron chi connectivity index (χ3n) is 6.25. The Labute approximate surface area is 188 Å². The molecule has 2 aromatic heterocycles. The number of methoxy groups -OCH3 is 1. The summed E-state index contributed by atoms with van der Waals surface area (Å²) in [5, 5.41) is 0. The monoisotopic (exact) mass is 440 g/mol. The topological polar surface area (TPSA) is 107 Å². The molecule has 4 heterocycles. The number of hydrogen-bond donors (Lipinski definition) is 1. The van der Waals surface area contributed by atoms with E-state index in [-0.39, 0.29) is 17.9 Å². The Bertz CT molecular complexity index is 961. The Morgan fingerprint density at radius 3 is 2.66 bits per heavy atom. The molecule has 0 aromatic carbocycles. The van der Waals surface area contributed by atoms with Gasteiger partial charge in [0, 0.05) is 55.4 Å². The van der Waals surface area contributed by atoms with Crippen molar-refractivity contribution >= 4 is 17.5 Å². The summed E-state index contributed by atoms with van der Waals surface area (Å²) in [4.78, 5) is 30.3. The van der Waals surface area contributed by atoms with Crippen LogP contribution in [-0.4, -0.2) is 71.8 Å². The fraction of sp³-hybridized carbons (Fsp3) is 0.565. The molecule has 0 saturated carbocycles. The normalized spacial score (nSPS) is 19.8. The van der Waals surface area contributed by atoms with E-state index in [9.17, 15) is 4.79 Å². The number of nitrogens with two attached hydrogens (primary N) is 1. The van der Waals surface area contributed by atoms with Crippen LogP contribution in [0.25, 0.3) is 11.4 Å². The average Bonchev–Trinajstić information content (AvgIpc) is 2.83. The Kier molecular flexibility index (Phi) is 6.74. The van der Waals surface area contributed by atoms with Gasteiger partial charge in [0.25, 0.3) is 0 Å². The number of rotatable bonds is 5. The third kappa shape index (κ3) is 4.77. The van der Waals surface area contributed by atoms with Crippen LogP contribution in [0.2, 0.25) is 0 Å². The first-order valence-electron chi connectivity index (χ1n) is 11.3. The maximum atomic E-state index is 12.1. The van der Waals surface area contributed by atoms with Crippen molar-refractivity contribution in [2.75, 3.05) is 50.6 Å². The molecule has 4 rings (SSSR count). The minimum atomic E-state index is 0.217. The van der Waals surface area contributed by atoms with Crippen LogP contribution in [0, 0.1) is 0 Å². The Morgan fingerprint density at radius 2 is 1.97 bits per heavy atom. The number of anilines is 2. The van der Waals surface area contributed by atoms with Crippen molar-refractivity contribution in [3.05, 3.63) is 23.9 Å². The molecule has 172 valence electrons. The van der Waals surface area contributed by atoms with E-state index in [4.69, 9.17) is 25.2 Å². The highest BCUT2D eigenvalue weighted by Gasteiger charge is 2.27. The molecule has 0 aliphatic carbocycles. The lowest BCUT2D eigenvalue weighted by atomic mass is 9.92. The Hall–Kier alpha value is -2.94. The van der Waals surface area contributed by atoms with Crippen molar-refractivity contribution in [1.82, 2.24) is 19.9 Å². The zero-order valence-electron chi connectivity index (χ0n) is 19.1. The summed E-state index contributed by atoms with van der Waals surface area (Å²) in [5.41, 5.74) is 7.78. The number of ether oxygens (including phenoxy) is 2. The van der Waals surface area contributed by atoms with Crippen LogP contribution >= 0.6 is 0 Å². The number of morpholine rings is 1. The van der Waals surface area contributed by atoms with Crippen LogP contribution in [0.4, 0.5) is 11.6 Å². The highest BCUT2D eigenvalue weighted by Crippen LogP contribution is 2.32. The molecule has 0 bridgehead atoms. The van der Waals surface area contributed by atoms with Crippen molar-refractivity contribution in [2.45, 2.75) is 45.1 Å². The SMILES string of the molecule is CCC(=O)N1CCC(c2cc(N3CCOC[C@H]3C)nc(-c3cc(N)nc(OC)c3)n2)CC1. The van der Waals surface area contributed by atoms with E-state index in [1.54, 1.807) is 13.2 Å². The fourth-order valence-electron chi connectivity index (χ4n) is 4.41. The largest absolute Gasteiger partial charge is 0.481 e. The lowest BCUT2D eigenvalue weighted by molar-refractivity contribution is -0.131. The van der Waals surface area contributed by atoms with Gasteiger partial charge in [0.15, 0.2) is 5.82 Å². The summed E-state index contributed by atoms with van der Waals surface area (Å²) in [5.74, 6) is 2.78. The summed E-state index contributed by atoms with van der Waals surface area (Å²) in [6, 6.07) is 5.91. The molecule has 1 atom stereocenters. The predicted octanol–water partition coefficient (Wildman–Crippen LogP) is 2.47. The van der Waals surface area contributed by atoms with Crippen LogP contribution < -0.4 is 15.4 Å². The zero-order chi connectivity index (χ0) is 22.7. The highest BCUT2D eigenvalue weighted by atomic mass is 16.5. The number of carbonyl (C=O) groups excluding carboxylic acids is 1. The van der Waals surface area contributed by atoms with Gasteiger partial charge in [-0.3, -0.25) is 4.79 Å². The lowest BCUT2D eigenvalue weighted by Gasteiger charge is -2.35. The van der Waals surface area contributed by atoms with E-state index < -0.39 is 0 Å². The molecule has 0 spiro atoms. The summed E-state index contributed by atoms with van der Waals surface area (Å²) < 4.78 is 10.9. The van der Waals surface area contributed by atoms with Crippen LogP contribution in [0.5, 0.6) is 5.88 Å². The molecule has 32 heavy (non-hydrogen) atoms. The molecule has 2 N–H and O–H groups in total. The number of nitrogens with zero attached hydrogens (tertiary/aromatic N) is 5. The van der Waals surface area contributed by atoms with Gasteiger partial charge >= 0.3 is 0 Å². The molecular weight excluding hydrogens is 408 g/mol. The second-order valence-electron chi connectivity index (χ2n) is 8.42. The van der Waals surface area contributed by atoms with Gasteiger partial charge in [-0.15, -0.1) is 0 Å². The van der Waals surface area contributed by atoms with Crippen molar-refractivity contribution in [2.24, 2.45) is 0 Å². The molecule has 2 aromatic rings. The number of piperidine rings is 1. The summed E-state index contributed by atoms with van der Waals surface area (Å²) >= 11 is 0. The van der Waals surface area contributed by atoms with Crippen molar-refractivity contribution < 1.29 is 14.3 Å². The predicted molar refractivity (Wildman–Crippen MR) is 123 cm³/mol. The first kappa shape index (κ1) is 22.3. The molecular formula is C23H32N6O3. The number of pyridine rings is 1. The molecule has 1 amide bonds. The molecule has 2 aliphatic rings. The van der Waals surface area contributed by atoms with E-state index in [1.807, 2.05) is 17.9 Å². The molecule has 0 unspecified atom stereocenters. The number of hydrogen-bond acceptors (Lipinski definition) is 8. The minimum absolute atomic E-state index is 0.217. The first-order valence-corrected chi connectivity index (χ1v) is 11.3. The number of amides is 1. The maximum absolute atomic E-state index is 12.1. The average molecular weight is 441 g/mol. The standard InChI is InChI=1S/C23H32N6O3/c1-4-22(30)28-7-5-16(6-8-28)18-13-20(29-9-10-32-14-15(29)2)27-23(25-18)17-11-19(24)26-21(12-17)31-3/h11-13,15-16H,4-10,14H2,1-3H3,(H2,24,26)/t15-/m1/s1. The number of nitrogen functional groups attached to an aromatic ring is 1. The van der Waals surface area contributed by atoms with E-state index in [1.165, 1.54) is 0 Å². The van der Waals surface area contributed by atoms with E-state index in [0.29, 0.717) is 37.2 Å². The smallest absolute Gasteiger partial charge is 0.222 e. The van der Waals surface area contributed by atoms with Gasteiger partial charge in [-0.1, -0.05) is 6.92 Å². The van der Waals surface area contributed by atoms with Crippen molar-refractivity contribution in [3.63, 3.8) is 0 Å². The van der Waals surface area contributed by atoms with Gasteiger partial charge in [0.05, 0.1) is 26.4 Å². The third-order valence-corrected chi connectivity index (χ3v) is 6.25. The lowest BCUT2D eigenvalue weighted by Crippen LogP contribution is -2.44. The fourth-order valence-corrected chi connectivity index (χ4v) is 4.41. The number of likely N-dealkylation sites (tertiary alicyclic amines) is 1. The van der Waals surface area contributed by atoms with Crippen molar-refractivity contribution in [3.8, 4) is 17.3 Å².